The standard InChI is InChI=1S/C11H18ClN3O/c1-15-9(12)6-14-10(15)7-13-8-11(16-2)4-3-5-11/h6,13H,3-5,7-8H2,1-2H3. The summed E-state index contributed by atoms with van der Waals surface area (Å²) in [5.74, 6) is 0.954. The number of methoxy groups -OCH3 is 1. The zero-order valence-electron chi connectivity index (χ0n) is 9.79. The number of hydrogen-bond donors (Lipinski definition) is 1. The summed E-state index contributed by atoms with van der Waals surface area (Å²) in [5, 5.41) is 4.05. The van der Waals surface area contributed by atoms with E-state index >= 15 is 0 Å². The highest BCUT2D eigenvalue weighted by Crippen LogP contribution is 2.34. The maximum atomic E-state index is 5.91. The van der Waals surface area contributed by atoms with Crippen LogP contribution in [-0.2, 0) is 18.3 Å². The third-order valence-electron chi connectivity index (χ3n) is 3.46. The lowest BCUT2D eigenvalue weighted by molar-refractivity contribution is -0.0696. The lowest BCUT2D eigenvalue weighted by atomic mass is 9.80. The Bertz CT molecular complexity index is 355. The van der Waals surface area contributed by atoms with Crippen LogP contribution in [0.2, 0.25) is 5.15 Å². The Morgan fingerprint density at radius 3 is 2.81 bits per heavy atom. The van der Waals surface area contributed by atoms with Gasteiger partial charge in [0.25, 0.3) is 0 Å². The van der Waals surface area contributed by atoms with Crippen molar-refractivity contribution < 1.29 is 4.74 Å². The Hall–Kier alpha value is -0.580. The molecule has 4 nitrogen and oxygen atoms in total. The van der Waals surface area contributed by atoms with Gasteiger partial charge in [0, 0.05) is 20.7 Å². The molecule has 90 valence electrons. The molecule has 0 spiro atoms. The first kappa shape index (κ1) is 11.9. The molecule has 1 heterocycles. The summed E-state index contributed by atoms with van der Waals surface area (Å²) in [7, 11) is 3.71. The van der Waals surface area contributed by atoms with Crippen LogP contribution in [0.4, 0.5) is 0 Å². The van der Waals surface area contributed by atoms with Crippen LogP contribution in [0.15, 0.2) is 6.20 Å². The second-order valence-corrected chi connectivity index (χ2v) is 4.79. The smallest absolute Gasteiger partial charge is 0.128 e. The molecule has 2 rings (SSSR count). The van der Waals surface area contributed by atoms with Crippen molar-refractivity contribution in [1.82, 2.24) is 14.9 Å². The quantitative estimate of drug-likeness (QED) is 0.856. The highest BCUT2D eigenvalue weighted by atomic mass is 35.5. The van der Waals surface area contributed by atoms with E-state index in [1.807, 2.05) is 11.6 Å². The SMILES string of the molecule is COC1(CNCc2ncc(Cl)n2C)CCC1. The number of aromatic nitrogens is 2. The van der Waals surface area contributed by atoms with Gasteiger partial charge in [-0.2, -0.15) is 0 Å². The molecule has 0 aliphatic heterocycles. The van der Waals surface area contributed by atoms with Crippen LogP contribution in [0.5, 0.6) is 0 Å². The number of rotatable bonds is 5. The molecule has 5 heteroatoms. The summed E-state index contributed by atoms with van der Waals surface area (Å²) < 4.78 is 7.42. The van der Waals surface area contributed by atoms with Crippen molar-refractivity contribution in [1.29, 1.82) is 0 Å². The second-order valence-electron chi connectivity index (χ2n) is 4.40. The lowest BCUT2D eigenvalue weighted by Crippen LogP contribution is -2.47. The van der Waals surface area contributed by atoms with Gasteiger partial charge in [-0.3, -0.25) is 0 Å². The van der Waals surface area contributed by atoms with Crippen molar-refractivity contribution in [2.24, 2.45) is 7.05 Å². The van der Waals surface area contributed by atoms with E-state index in [1.54, 1.807) is 13.3 Å². The normalized spacial score (nSPS) is 18.4. The van der Waals surface area contributed by atoms with Crippen LogP contribution in [0, 0.1) is 0 Å². The van der Waals surface area contributed by atoms with Crippen molar-refractivity contribution in [2.45, 2.75) is 31.4 Å². The fourth-order valence-corrected chi connectivity index (χ4v) is 2.16. The van der Waals surface area contributed by atoms with E-state index in [0.717, 1.165) is 31.8 Å². The molecule has 0 bridgehead atoms. The molecule has 0 unspecified atom stereocenters. The van der Waals surface area contributed by atoms with E-state index in [-0.39, 0.29) is 5.60 Å². The molecule has 1 aliphatic carbocycles. The van der Waals surface area contributed by atoms with Gasteiger partial charge in [0.05, 0.1) is 18.3 Å². The molecule has 1 fully saturated rings. The highest BCUT2D eigenvalue weighted by molar-refractivity contribution is 6.29. The number of halogens is 1. The number of hydrogen-bond acceptors (Lipinski definition) is 3. The second kappa shape index (κ2) is 4.73. The van der Waals surface area contributed by atoms with Crippen molar-refractivity contribution in [3.8, 4) is 0 Å². The zero-order valence-corrected chi connectivity index (χ0v) is 10.5. The van der Waals surface area contributed by atoms with Crippen LogP contribution in [0.3, 0.4) is 0 Å². The Morgan fingerprint density at radius 1 is 1.62 bits per heavy atom. The van der Waals surface area contributed by atoms with E-state index in [1.165, 1.54) is 6.42 Å². The molecular formula is C11H18ClN3O. The zero-order chi connectivity index (χ0) is 11.6. The fraction of sp³-hybridized carbons (Fsp3) is 0.727. The van der Waals surface area contributed by atoms with Crippen molar-refractivity contribution in [2.75, 3.05) is 13.7 Å². The summed E-state index contributed by atoms with van der Waals surface area (Å²) in [6, 6.07) is 0. The van der Waals surface area contributed by atoms with Gasteiger partial charge in [0.2, 0.25) is 0 Å². The summed E-state index contributed by atoms with van der Waals surface area (Å²) in [5.41, 5.74) is 0.0644. The van der Waals surface area contributed by atoms with Gasteiger partial charge in [-0.05, 0) is 19.3 Å². The molecule has 1 aromatic heterocycles. The molecule has 0 atom stereocenters. The average molecular weight is 244 g/mol. The van der Waals surface area contributed by atoms with Crippen LogP contribution in [0.25, 0.3) is 0 Å². The number of nitrogens with zero attached hydrogens (tertiary/aromatic N) is 2. The lowest BCUT2D eigenvalue weighted by Gasteiger charge is -2.40. The molecule has 0 amide bonds. The van der Waals surface area contributed by atoms with Crippen molar-refractivity contribution in [3.05, 3.63) is 17.2 Å². The van der Waals surface area contributed by atoms with E-state index in [9.17, 15) is 0 Å². The van der Waals surface area contributed by atoms with Gasteiger partial charge < -0.3 is 14.6 Å². The first-order valence-corrected chi connectivity index (χ1v) is 5.97. The Morgan fingerprint density at radius 2 is 2.38 bits per heavy atom. The predicted octanol–water partition coefficient (Wildman–Crippen LogP) is 1.73. The Balaban J connectivity index is 1.82. The van der Waals surface area contributed by atoms with Gasteiger partial charge in [-0.15, -0.1) is 0 Å². The van der Waals surface area contributed by atoms with Crippen LogP contribution < -0.4 is 5.32 Å². The summed E-state index contributed by atoms with van der Waals surface area (Å²) in [6.45, 7) is 1.61. The minimum Gasteiger partial charge on any atom is -0.377 e. The van der Waals surface area contributed by atoms with Crippen molar-refractivity contribution >= 4 is 11.6 Å². The molecule has 0 saturated heterocycles. The van der Waals surface area contributed by atoms with E-state index in [2.05, 4.69) is 10.3 Å². The average Bonchev–Trinajstić information content (AvgIpc) is 2.53. The molecule has 16 heavy (non-hydrogen) atoms. The molecule has 0 radical (unpaired) electrons. The third kappa shape index (κ3) is 2.24. The Kier molecular flexibility index (Phi) is 3.52. The van der Waals surface area contributed by atoms with E-state index < -0.39 is 0 Å². The number of imidazole rings is 1. The topological polar surface area (TPSA) is 39.1 Å². The van der Waals surface area contributed by atoms with Crippen molar-refractivity contribution in [3.63, 3.8) is 0 Å². The van der Waals surface area contributed by atoms with Gasteiger partial charge in [0.1, 0.15) is 11.0 Å². The predicted molar refractivity (Wildman–Crippen MR) is 63.5 cm³/mol. The van der Waals surface area contributed by atoms with Crippen LogP contribution in [0.1, 0.15) is 25.1 Å². The molecule has 1 N–H and O–H groups in total. The maximum Gasteiger partial charge on any atom is 0.128 e. The third-order valence-corrected chi connectivity index (χ3v) is 3.81. The van der Waals surface area contributed by atoms with Crippen LogP contribution in [-0.4, -0.2) is 28.8 Å². The molecule has 1 aromatic rings. The molecular weight excluding hydrogens is 226 g/mol. The highest BCUT2D eigenvalue weighted by Gasteiger charge is 2.36. The first-order valence-electron chi connectivity index (χ1n) is 5.59. The maximum absolute atomic E-state index is 5.91. The first-order chi connectivity index (χ1) is 7.67. The summed E-state index contributed by atoms with van der Waals surface area (Å²) in [6.07, 6.45) is 5.24. The largest absolute Gasteiger partial charge is 0.377 e. The minimum atomic E-state index is 0.0644. The fourth-order valence-electron chi connectivity index (χ4n) is 2.01. The monoisotopic (exact) mass is 243 g/mol. The van der Waals surface area contributed by atoms with E-state index in [0.29, 0.717) is 5.15 Å². The van der Waals surface area contributed by atoms with Gasteiger partial charge in [0.15, 0.2) is 0 Å². The number of ether oxygens (including phenoxy) is 1. The van der Waals surface area contributed by atoms with Gasteiger partial charge >= 0.3 is 0 Å². The minimum absolute atomic E-state index is 0.0644. The summed E-state index contributed by atoms with van der Waals surface area (Å²) in [4.78, 5) is 4.23. The molecule has 1 saturated carbocycles. The molecule has 1 aliphatic rings. The van der Waals surface area contributed by atoms with Gasteiger partial charge in [-0.25, -0.2) is 4.98 Å². The summed E-state index contributed by atoms with van der Waals surface area (Å²) >= 11 is 5.91. The number of nitrogens with one attached hydrogen (secondary N) is 1. The molecule has 0 aromatic carbocycles. The van der Waals surface area contributed by atoms with Crippen LogP contribution >= 0.6 is 11.6 Å². The van der Waals surface area contributed by atoms with Gasteiger partial charge in [-0.1, -0.05) is 11.6 Å². The Labute approximate surface area is 101 Å². The van der Waals surface area contributed by atoms with E-state index in [4.69, 9.17) is 16.3 Å².